The van der Waals surface area contributed by atoms with Crippen LogP contribution in [0.4, 0.5) is 8.78 Å². The molecule has 0 unspecified atom stereocenters. The van der Waals surface area contributed by atoms with Gasteiger partial charge in [-0.3, -0.25) is 0 Å². The average molecular weight is 128 g/mol. The second-order valence-corrected chi connectivity index (χ2v) is 1.58. The zero-order chi connectivity index (χ0) is 6.85. The van der Waals surface area contributed by atoms with E-state index in [0.29, 0.717) is 0 Å². The fourth-order valence-electron chi connectivity index (χ4n) is 0.441. The molecule has 0 aliphatic rings. The van der Waals surface area contributed by atoms with Gasteiger partial charge >= 0.3 is 0 Å². The van der Waals surface area contributed by atoms with E-state index in [1.807, 2.05) is 0 Å². The Balaban J connectivity index is 3.17. The molecule has 0 aromatic carbocycles. The maximum absolute atomic E-state index is 12.2. The molecule has 1 radical (unpaired) electrons. The van der Waals surface area contributed by atoms with Gasteiger partial charge in [-0.15, -0.1) is 0 Å². The molecule has 1 heterocycles. The number of hydrogen-bond donors (Lipinski definition) is 0. The van der Waals surface area contributed by atoms with Gasteiger partial charge in [0.15, 0.2) is 0 Å². The normalized spacial score (nSPS) is 9.67. The SMILES string of the molecule is [CH2]c1ccc(F)nc1F. The third-order valence-corrected chi connectivity index (χ3v) is 0.892. The molecule has 0 aliphatic heterocycles. The maximum Gasteiger partial charge on any atom is 0.218 e. The Labute approximate surface area is 51.3 Å². The van der Waals surface area contributed by atoms with Gasteiger partial charge in [0.2, 0.25) is 11.9 Å². The van der Waals surface area contributed by atoms with E-state index in [4.69, 9.17) is 0 Å². The largest absolute Gasteiger partial charge is 0.218 e. The summed E-state index contributed by atoms with van der Waals surface area (Å²) in [6.45, 7) is 3.26. The minimum atomic E-state index is -0.852. The quantitative estimate of drug-likeness (QED) is 0.483. The highest BCUT2D eigenvalue weighted by atomic mass is 19.1. The Morgan fingerprint density at radius 2 is 2.00 bits per heavy atom. The van der Waals surface area contributed by atoms with Crippen LogP contribution in [-0.4, -0.2) is 4.98 Å². The van der Waals surface area contributed by atoms with Gasteiger partial charge in [-0.05, 0) is 19.1 Å². The summed E-state index contributed by atoms with van der Waals surface area (Å²) in [4.78, 5) is 2.88. The van der Waals surface area contributed by atoms with E-state index in [2.05, 4.69) is 11.9 Å². The van der Waals surface area contributed by atoms with Crippen molar-refractivity contribution in [3.63, 3.8) is 0 Å². The predicted molar refractivity (Wildman–Crippen MR) is 28.6 cm³/mol. The molecular formula is C6H4F2N. The average Bonchev–Trinajstić information content (AvgIpc) is 1.80. The molecule has 1 rings (SSSR count). The molecular weight excluding hydrogens is 124 g/mol. The van der Waals surface area contributed by atoms with E-state index in [1.165, 1.54) is 6.07 Å². The molecule has 0 amide bonds. The lowest BCUT2D eigenvalue weighted by molar-refractivity contribution is 0.509. The van der Waals surface area contributed by atoms with Crippen LogP contribution in [0.25, 0.3) is 0 Å². The standard InChI is InChI=1S/C6H4F2N/c1-4-2-3-5(7)9-6(4)8/h2-3H,1H2. The van der Waals surface area contributed by atoms with Gasteiger partial charge < -0.3 is 0 Å². The summed E-state index contributed by atoms with van der Waals surface area (Å²) in [6.07, 6.45) is 0. The van der Waals surface area contributed by atoms with Crippen molar-refractivity contribution >= 4 is 0 Å². The van der Waals surface area contributed by atoms with Crippen molar-refractivity contribution in [3.8, 4) is 0 Å². The molecule has 0 atom stereocenters. The van der Waals surface area contributed by atoms with Crippen LogP contribution < -0.4 is 0 Å². The van der Waals surface area contributed by atoms with E-state index in [1.54, 1.807) is 0 Å². The van der Waals surface area contributed by atoms with Crippen molar-refractivity contribution in [1.82, 2.24) is 4.98 Å². The first-order valence-electron chi connectivity index (χ1n) is 2.34. The molecule has 1 aromatic rings. The number of nitrogens with zero attached hydrogens (tertiary/aromatic N) is 1. The van der Waals surface area contributed by atoms with Crippen LogP contribution in [-0.2, 0) is 0 Å². The highest BCUT2D eigenvalue weighted by Gasteiger charge is 1.97. The van der Waals surface area contributed by atoms with Gasteiger partial charge in [-0.1, -0.05) is 0 Å². The zero-order valence-corrected chi connectivity index (χ0v) is 4.56. The van der Waals surface area contributed by atoms with Crippen molar-refractivity contribution in [2.45, 2.75) is 0 Å². The first-order chi connectivity index (χ1) is 4.20. The highest BCUT2D eigenvalue weighted by Crippen LogP contribution is 2.01. The molecule has 47 valence electrons. The first-order valence-corrected chi connectivity index (χ1v) is 2.34. The molecule has 1 nitrogen and oxygen atoms in total. The van der Waals surface area contributed by atoms with Gasteiger partial charge in [-0.2, -0.15) is 13.8 Å². The fourth-order valence-corrected chi connectivity index (χ4v) is 0.441. The lowest BCUT2D eigenvalue weighted by atomic mass is 10.3. The van der Waals surface area contributed by atoms with E-state index in [9.17, 15) is 8.78 Å². The molecule has 0 saturated carbocycles. The van der Waals surface area contributed by atoms with E-state index in [0.717, 1.165) is 6.07 Å². The minimum absolute atomic E-state index is 0.108. The summed E-state index contributed by atoms with van der Waals surface area (Å²) in [5.74, 6) is -1.67. The zero-order valence-electron chi connectivity index (χ0n) is 4.56. The highest BCUT2D eigenvalue weighted by molar-refractivity contribution is 5.13. The second kappa shape index (κ2) is 2.09. The number of aromatic nitrogens is 1. The van der Waals surface area contributed by atoms with Crippen LogP contribution in [0.3, 0.4) is 0 Å². The Morgan fingerprint density at radius 3 is 2.44 bits per heavy atom. The molecule has 0 saturated heterocycles. The molecule has 1 aromatic heterocycles. The van der Waals surface area contributed by atoms with Crippen molar-refractivity contribution in [1.29, 1.82) is 0 Å². The molecule has 3 heteroatoms. The topological polar surface area (TPSA) is 12.9 Å². The van der Waals surface area contributed by atoms with E-state index >= 15 is 0 Å². The first kappa shape index (κ1) is 6.13. The number of rotatable bonds is 0. The summed E-state index contributed by atoms with van der Waals surface area (Å²) in [7, 11) is 0. The van der Waals surface area contributed by atoms with Crippen LogP contribution in [0.2, 0.25) is 0 Å². The predicted octanol–water partition coefficient (Wildman–Crippen LogP) is 1.54. The Morgan fingerprint density at radius 1 is 1.33 bits per heavy atom. The van der Waals surface area contributed by atoms with Crippen LogP contribution in [0.15, 0.2) is 12.1 Å². The summed E-state index contributed by atoms with van der Waals surface area (Å²) in [5.41, 5.74) is 0.108. The summed E-state index contributed by atoms with van der Waals surface area (Å²) < 4.78 is 24.1. The van der Waals surface area contributed by atoms with Gasteiger partial charge in [0.1, 0.15) is 0 Å². The van der Waals surface area contributed by atoms with Gasteiger partial charge in [0.25, 0.3) is 0 Å². The van der Waals surface area contributed by atoms with Gasteiger partial charge in [0, 0.05) is 5.56 Å². The maximum atomic E-state index is 12.2. The molecule has 9 heavy (non-hydrogen) atoms. The minimum Gasteiger partial charge on any atom is -0.190 e. The van der Waals surface area contributed by atoms with E-state index < -0.39 is 11.9 Å². The second-order valence-electron chi connectivity index (χ2n) is 1.58. The number of pyridine rings is 1. The van der Waals surface area contributed by atoms with Gasteiger partial charge in [0.05, 0.1) is 0 Å². The molecule has 0 N–H and O–H groups in total. The lowest BCUT2D eigenvalue weighted by Crippen LogP contribution is -1.89. The van der Waals surface area contributed by atoms with Crippen LogP contribution in [0, 0.1) is 18.8 Å². The summed E-state index contributed by atoms with van der Waals surface area (Å²) in [6, 6.07) is 2.29. The Kier molecular flexibility index (Phi) is 1.42. The molecule has 0 bridgehead atoms. The summed E-state index contributed by atoms with van der Waals surface area (Å²) in [5, 5.41) is 0. The fraction of sp³-hybridized carbons (Fsp3) is 0. The Bertz CT molecular complexity index is 222. The van der Waals surface area contributed by atoms with Crippen LogP contribution >= 0.6 is 0 Å². The van der Waals surface area contributed by atoms with Gasteiger partial charge in [-0.25, -0.2) is 0 Å². The van der Waals surface area contributed by atoms with Crippen molar-refractivity contribution < 1.29 is 8.78 Å². The number of hydrogen-bond acceptors (Lipinski definition) is 1. The molecule has 0 spiro atoms. The van der Waals surface area contributed by atoms with Crippen molar-refractivity contribution in [2.24, 2.45) is 0 Å². The lowest BCUT2D eigenvalue weighted by Gasteiger charge is -1.91. The van der Waals surface area contributed by atoms with E-state index in [-0.39, 0.29) is 5.56 Å². The summed E-state index contributed by atoms with van der Waals surface area (Å²) >= 11 is 0. The third-order valence-electron chi connectivity index (χ3n) is 0.892. The third kappa shape index (κ3) is 1.22. The number of halogens is 2. The van der Waals surface area contributed by atoms with Crippen molar-refractivity contribution in [3.05, 3.63) is 36.5 Å². The Hall–Kier alpha value is -0.990. The van der Waals surface area contributed by atoms with Crippen molar-refractivity contribution in [2.75, 3.05) is 0 Å². The molecule has 0 aliphatic carbocycles. The van der Waals surface area contributed by atoms with Crippen LogP contribution in [0.1, 0.15) is 5.56 Å². The molecule has 0 fully saturated rings. The monoisotopic (exact) mass is 128 g/mol. The van der Waals surface area contributed by atoms with Crippen LogP contribution in [0.5, 0.6) is 0 Å². The smallest absolute Gasteiger partial charge is 0.190 e.